The molecular weight excluding hydrogens is 1010 g/mol. The van der Waals surface area contributed by atoms with Gasteiger partial charge in [-0.1, -0.05) is 72.8 Å². The molecule has 410 valence electrons. The molecule has 0 fully saturated rings. The van der Waals surface area contributed by atoms with Gasteiger partial charge in [-0.15, -0.1) is 0 Å². The van der Waals surface area contributed by atoms with Gasteiger partial charge in [-0.05, 0) is 128 Å². The highest BCUT2D eigenvalue weighted by Crippen LogP contribution is 2.44. The van der Waals surface area contributed by atoms with E-state index >= 15 is 0 Å². The summed E-state index contributed by atoms with van der Waals surface area (Å²) in [6.45, 7) is 11.7. The lowest BCUT2D eigenvalue weighted by Crippen LogP contribution is -2.34. The van der Waals surface area contributed by atoms with E-state index in [1.807, 2.05) is 121 Å². The van der Waals surface area contributed by atoms with Crippen LogP contribution in [-0.4, -0.2) is 90.4 Å². The second kappa shape index (κ2) is 22.1. The first-order valence-corrected chi connectivity index (χ1v) is 26.3. The summed E-state index contributed by atoms with van der Waals surface area (Å²) in [4.78, 5) is 73.8. The van der Waals surface area contributed by atoms with Crippen molar-refractivity contribution < 1.29 is 39.6 Å². The Labute approximate surface area is 463 Å². The summed E-state index contributed by atoms with van der Waals surface area (Å²) in [5, 5.41) is 53.3. The molecule has 0 atom stereocenters. The Hall–Kier alpha value is -8.80. The SMILES string of the molecule is CC(C)(CO)C(=O)Nc1ccccc1-c1c2nc(c(-c3ccccc3NC(=O)C(C)(C)CO)c3ccc([nH]3)c(-c3ccccc3NC(=O)C(C)(C)CO)c3nc(c(-c4ccccc4NC(=O)C(C)(C)CO)c4ccc1[nH]4)C=C3)C=C2. The van der Waals surface area contributed by atoms with Crippen molar-refractivity contribution in [1.29, 1.82) is 0 Å². The number of rotatable bonds is 16. The number of carbonyl (C=O) groups excluding carboxylic acids is 4. The van der Waals surface area contributed by atoms with Gasteiger partial charge < -0.3 is 51.7 Å². The third-order valence-electron chi connectivity index (χ3n) is 14.6. The number of nitrogens with one attached hydrogen (secondary N) is 6. The average Bonchev–Trinajstić information content (AvgIpc) is 4.32. The van der Waals surface area contributed by atoms with Crippen molar-refractivity contribution in [3.8, 4) is 44.5 Å². The standard InChI is InChI=1S/C64H66N8O8/c1-61(2,33-73)57(77)69-41-21-13-9-17-37(41)53-45-25-27-47(65-45)54(38-18-10-14-22-42(38)70-58(78)62(3,4)34-74)49-29-31-51(67-49)56(40-20-12-16-24-44(40)72-60(80)64(7,8)36-76)52-32-30-50(68-52)55(48-28-26-46(53)66-48)39-19-11-15-23-43(39)71-59(79)63(5,6)35-75/h9-32,65,68,73-76H,33-36H2,1-8H3,(H,69,77)(H,70,78)(H,71,79)(H,72,80). The number of para-hydroxylation sites is 4. The van der Waals surface area contributed by atoms with Crippen molar-refractivity contribution in [3.63, 3.8) is 0 Å². The van der Waals surface area contributed by atoms with Crippen LogP contribution in [0.1, 0.15) is 78.2 Å². The van der Waals surface area contributed by atoms with Crippen LogP contribution < -0.4 is 21.3 Å². The normalized spacial score (nSPS) is 12.6. The van der Waals surface area contributed by atoms with Crippen LogP contribution in [0.4, 0.5) is 22.7 Å². The minimum atomic E-state index is -1.13. The van der Waals surface area contributed by atoms with Crippen molar-refractivity contribution in [3.05, 3.63) is 144 Å². The maximum Gasteiger partial charge on any atom is 0.232 e. The number of aliphatic hydroxyl groups is 4. The van der Waals surface area contributed by atoms with Crippen LogP contribution in [0, 0.1) is 21.7 Å². The van der Waals surface area contributed by atoms with Gasteiger partial charge in [-0.2, -0.15) is 0 Å². The molecule has 4 amide bonds. The molecule has 9 rings (SSSR count). The summed E-state index contributed by atoms with van der Waals surface area (Å²) in [6, 6.07) is 37.0. The van der Waals surface area contributed by atoms with Crippen LogP contribution in [0.15, 0.2) is 121 Å². The van der Waals surface area contributed by atoms with Crippen LogP contribution in [0.25, 0.3) is 90.9 Å². The Morgan fingerprint density at radius 3 is 0.750 bits per heavy atom. The van der Waals surface area contributed by atoms with Gasteiger partial charge >= 0.3 is 0 Å². The highest BCUT2D eigenvalue weighted by Gasteiger charge is 2.32. The van der Waals surface area contributed by atoms with E-state index in [0.717, 1.165) is 0 Å². The third-order valence-corrected chi connectivity index (χ3v) is 14.6. The van der Waals surface area contributed by atoms with E-state index in [2.05, 4.69) is 31.2 Å². The number of hydrogen-bond donors (Lipinski definition) is 10. The van der Waals surface area contributed by atoms with Crippen LogP contribution in [0.3, 0.4) is 0 Å². The van der Waals surface area contributed by atoms with Crippen LogP contribution in [0.5, 0.6) is 0 Å². The Kier molecular flexibility index (Phi) is 15.5. The number of fused-ring (bicyclic) bond motifs is 8. The minimum Gasteiger partial charge on any atom is -0.395 e. The van der Waals surface area contributed by atoms with Gasteiger partial charge in [0.1, 0.15) is 0 Å². The number of anilines is 4. The maximum absolute atomic E-state index is 13.9. The molecular formula is C64H66N8O8. The summed E-state index contributed by atoms with van der Waals surface area (Å²) >= 11 is 0. The lowest BCUT2D eigenvalue weighted by Gasteiger charge is -2.22. The number of amides is 4. The molecule has 5 heterocycles. The Morgan fingerprint density at radius 2 is 0.550 bits per heavy atom. The molecule has 8 bridgehead atoms. The van der Waals surface area contributed by atoms with Crippen LogP contribution in [0.2, 0.25) is 0 Å². The number of H-pyrrole nitrogens is 2. The van der Waals surface area contributed by atoms with E-state index < -0.39 is 71.7 Å². The first kappa shape index (κ1) is 55.9. The number of hydrogen-bond acceptors (Lipinski definition) is 10. The monoisotopic (exact) mass is 1070 g/mol. The molecule has 0 saturated heterocycles. The molecule has 4 aromatic carbocycles. The molecule has 0 radical (unpaired) electrons. The van der Waals surface area contributed by atoms with Crippen molar-refractivity contribution in [2.24, 2.45) is 21.7 Å². The molecule has 2 aliphatic heterocycles. The van der Waals surface area contributed by atoms with E-state index in [0.29, 0.717) is 112 Å². The number of aromatic amines is 2. The van der Waals surface area contributed by atoms with Gasteiger partial charge in [0.15, 0.2) is 0 Å². The number of aliphatic hydroxyl groups excluding tert-OH is 4. The molecule has 80 heavy (non-hydrogen) atoms. The molecule has 0 unspecified atom stereocenters. The zero-order chi connectivity index (χ0) is 57.3. The second-order valence-electron chi connectivity index (χ2n) is 22.7. The lowest BCUT2D eigenvalue weighted by molar-refractivity contribution is -0.126. The highest BCUT2D eigenvalue weighted by molar-refractivity contribution is 6.08. The van der Waals surface area contributed by atoms with E-state index in [9.17, 15) is 39.6 Å². The smallest absolute Gasteiger partial charge is 0.232 e. The molecule has 10 N–H and O–H groups in total. The van der Waals surface area contributed by atoms with Crippen molar-refractivity contribution >= 4 is 92.7 Å². The van der Waals surface area contributed by atoms with Gasteiger partial charge in [0.05, 0.1) is 70.9 Å². The number of nitrogens with zero attached hydrogens (tertiary/aromatic N) is 2. The van der Waals surface area contributed by atoms with Gasteiger partial charge in [-0.3, -0.25) is 19.2 Å². The number of carbonyl (C=O) groups is 4. The van der Waals surface area contributed by atoms with Crippen molar-refractivity contribution in [2.45, 2.75) is 55.4 Å². The predicted molar refractivity (Wildman–Crippen MR) is 319 cm³/mol. The summed E-state index contributed by atoms with van der Waals surface area (Å²) in [5.41, 5.74) is 6.31. The molecule has 7 aromatic rings. The lowest BCUT2D eigenvalue weighted by atomic mass is 9.93. The van der Waals surface area contributed by atoms with Crippen molar-refractivity contribution in [2.75, 3.05) is 47.7 Å². The molecule has 0 saturated carbocycles. The van der Waals surface area contributed by atoms with Gasteiger partial charge in [-0.25, -0.2) is 9.97 Å². The quantitative estimate of drug-likeness (QED) is 0.0438. The Bertz CT molecular complexity index is 3360. The summed E-state index contributed by atoms with van der Waals surface area (Å²) in [5.74, 6) is -1.62. The van der Waals surface area contributed by atoms with Crippen molar-refractivity contribution in [1.82, 2.24) is 19.9 Å². The minimum absolute atomic E-state index is 0.398. The average molecular weight is 1080 g/mol. The van der Waals surface area contributed by atoms with E-state index in [-0.39, 0.29) is 0 Å². The Morgan fingerprint density at radius 1 is 0.350 bits per heavy atom. The summed E-state index contributed by atoms with van der Waals surface area (Å²) < 4.78 is 0. The molecule has 0 aliphatic carbocycles. The topological polar surface area (TPSA) is 255 Å². The van der Waals surface area contributed by atoms with Crippen LogP contribution in [-0.2, 0) is 19.2 Å². The van der Waals surface area contributed by atoms with E-state index in [4.69, 9.17) is 9.97 Å². The van der Waals surface area contributed by atoms with E-state index in [1.165, 1.54) is 0 Å². The molecule has 0 spiro atoms. The number of benzene rings is 4. The molecule has 16 heteroatoms. The second-order valence-corrected chi connectivity index (χ2v) is 22.7. The van der Waals surface area contributed by atoms with Gasteiger partial charge in [0, 0.05) is 89.3 Å². The molecule has 2 aliphatic rings. The zero-order valence-electron chi connectivity index (χ0n) is 46.0. The maximum atomic E-state index is 13.9. The summed E-state index contributed by atoms with van der Waals surface area (Å²) in [6.07, 6.45) is 7.53. The molecule has 16 nitrogen and oxygen atoms in total. The first-order valence-electron chi connectivity index (χ1n) is 26.3. The Balaban J connectivity index is 1.46. The first-order chi connectivity index (χ1) is 38.1. The van der Waals surface area contributed by atoms with Gasteiger partial charge in [0.2, 0.25) is 23.6 Å². The number of aromatic nitrogens is 4. The fourth-order valence-corrected chi connectivity index (χ4v) is 9.03. The predicted octanol–water partition coefficient (Wildman–Crippen LogP) is 11.2. The largest absolute Gasteiger partial charge is 0.395 e. The summed E-state index contributed by atoms with van der Waals surface area (Å²) in [7, 11) is 0. The van der Waals surface area contributed by atoms with Crippen LogP contribution >= 0.6 is 0 Å². The van der Waals surface area contributed by atoms with Gasteiger partial charge in [0.25, 0.3) is 0 Å². The third kappa shape index (κ3) is 11.0. The zero-order valence-corrected chi connectivity index (χ0v) is 46.0. The fourth-order valence-electron chi connectivity index (χ4n) is 9.03. The van der Waals surface area contributed by atoms with E-state index in [1.54, 1.807) is 79.7 Å². The fraction of sp³-hybridized carbons (Fsp3) is 0.250. The molecule has 3 aromatic heterocycles. The highest BCUT2D eigenvalue weighted by atomic mass is 16.3.